The SMILES string of the molecule is CCNC(=NCc1ccc(Cn2ccnc2)cc1)NCC(C)c1cccc(C)c1. The minimum atomic E-state index is 0.418. The van der Waals surface area contributed by atoms with Gasteiger partial charge in [0, 0.05) is 32.0 Å². The maximum atomic E-state index is 4.75. The van der Waals surface area contributed by atoms with Gasteiger partial charge in [-0.1, -0.05) is 61.0 Å². The van der Waals surface area contributed by atoms with E-state index in [1.807, 2.05) is 12.5 Å². The lowest BCUT2D eigenvalue weighted by Crippen LogP contribution is -2.39. The van der Waals surface area contributed by atoms with Gasteiger partial charge in [-0.25, -0.2) is 9.98 Å². The second-order valence-electron chi connectivity index (χ2n) is 7.44. The number of nitrogens with one attached hydrogen (secondary N) is 2. The summed E-state index contributed by atoms with van der Waals surface area (Å²) < 4.78 is 2.07. The fourth-order valence-electron chi connectivity index (χ4n) is 3.20. The van der Waals surface area contributed by atoms with Crippen LogP contribution in [0.2, 0.25) is 0 Å². The average Bonchev–Trinajstić information content (AvgIpc) is 3.24. The van der Waals surface area contributed by atoms with Crippen molar-refractivity contribution in [2.24, 2.45) is 4.99 Å². The number of imidazole rings is 1. The molecule has 0 saturated carbocycles. The fourth-order valence-corrected chi connectivity index (χ4v) is 3.20. The summed E-state index contributed by atoms with van der Waals surface area (Å²) in [5.74, 6) is 1.27. The van der Waals surface area contributed by atoms with Crippen molar-refractivity contribution in [1.82, 2.24) is 20.2 Å². The molecule has 29 heavy (non-hydrogen) atoms. The minimum absolute atomic E-state index is 0.418. The van der Waals surface area contributed by atoms with Crippen molar-refractivity contribution in [3.8, 4) is 0 Å². The third kappa shape index (κ3) is 6.49. The maximum absolute atomic E-state index is 4.75. The summed E-state index contributed by atoms with van der Waals surface area (Å²) in [6.45, 7) is 9.64. The zero-order valence-corrected chi connectivity index (χ0v) is 17.6. The van der Waals surface area contributed by atoms with Crippen LogP contribution in [-0.2, 0) is 13.1 Å². The lowest BCUT2D eigenvalue weighted by Gasteiger charge is -2.16. The Hall–Kier alpha value is -3.08. The topological polar surface area (TPSA) is 54.2 Å². The number of benzene rings is 2. The standard InChI is InChI=1S/C24H31N5/c1-4-26-24(27-15-20(3)23-7-5-6-19(2)14-23)28-16-21-8-10-22(11-9-21)17-29-13-12-25-18-29/h5-14,18,20H,4,15-17H2,1-3H3,(H2,26,27,28). The highest BCUT2D eigenvalue weighted by Crippen LogP contribution is 2.15. The van der Waals surface area contributed by atoms with Crippen LogP contribution in [0, 0.1) is 6.92 Å². The van der Waals surface area contributed by atoms with Crippen LogP contribution in [-0.4, -0.2) is 28.6 Å². The van der Waals surface area contributed by atoms with E-state index in [0.29, 0.717) is 12.5 Å². The van der Waals surface area contributed by atoms with Crippen LogP contribution in [0.1, 0.15) is 42.0 Å². The normalized spacial score (nSPS) is 12.6. The second-order valence-corrected chi connectivity index (χ2v) is 7.44. The van der Waals surface area contributed by atoms with Crippen molar-refractivity contribution in [1.29, 1.82) is 0 Å². The van der Waals surface area contributed by atoms with E-state index in [0.717, 1.165) is 25.6 Å². The van der Waals surface area contributed by atoms with E-state index >= 15 is 0 Å². The molecular formula is C24H31N5. The van der Waals surface area contributed by atoms with Crippen LogP contribution < -0.4 is 10.6 Å². The van der Waals surface area contributed by atoms with Crippen molar-refractivity contribution >= 4 is 5.96 Å². The van der Waals surface area contributed by atoms with Crippen LogP contribution in [0.5, 0.6) is 0 Å². The first-order chi connectivity index (χ1) is 14.1. The summed E-state index contributed by atoms with van der Waals surface area (Å²) >= 11 is 0. The number of rotatable bonds is 8. The van der Waals surface area contributed by atoms with Crippen LogP contribution in [0.3, 0.4) is 0 Å². The number of hydrogen-bond donors (Lipinski definition) is 2. The van der Waals surface area contributed by atoms with Crippen LogP contribution in [0.25, 0.3) is 0 Å². The van der Waals surface area contributed by atoms with E-state index in [1.165, 1.54) is 22.3 Å². The van der Waals surface area contributed by atoms with E-state index in [1.54, 1.807) is 6.20 Å². The molecule has 0 amide bonds. The number of nitrogens with zero attached hydrogens (tertiary/aromatic N) is 3. The number of guanidine groups is 1. The van der Waals surface area contributed by atoms with E-state index in [4.69, 9.17) is 4.99 Å². The van der Waals surface area contributed by atoms with Gasteiger partial charge in [-0.05, 0) is 36.5 Å². The van der Waals surface area contributed by atoms with Crippen LogP contribution in [0.15, 0.2) is 72.2 Å². The highest BCUT2D eigenvalue weighted by molar-refractivity contribution is 5.79. The van der Waals surface area contributed by atoms with Gasteiger partial charge in [0.15, 0.2) is 5.96 Å². The highest BCUT2D eigenvalue weighted by Gasteiger charge is 2.07. The molecule has 152 valence electrons. The Kier molecular flexibility index (Phi) is 7.45. The first-order valence-corrected chi connectivity index (χ1v) is 10.3. The Balaban J connectivity index is 1.55. The van der Waals surface area contributed by atoms with Crippen LogP contribution >= 0.6 is 0 Å². The van der Waals surface area contributed by atoms with Crippen molar-refractivity contribution in [3.63, 3.8) is 0 Å². The van der Waals surface area contributed by atoms with Gasteiger partial charge in [-0.3, -0.25) is 0 Å². The van der Waals surface area contributed by atoms with Crippen LogP contribution in [0.4, 0.5) is 0 Å². The molecule has 5 heteroatoms. The van der Waals surface area contributed by atoms with Gasteiger partial charge < -0.3 is 15.2 Å². The number of aliphatic imine (C=N–C) groups is 1. The Morgan fingerprint density at radius 1 is 1.10 bits per heavy atom. The van der Waals surface area contributed by atoms with E-state index < -0.39 is 0 Å². The summed E-state index contributed by atoms with van der Waals surface area (Å²) in [5, 5.41) is 6.82. The number of aryl methyl sites for hydroxylation is 1. The van der Waals surface area contributed by atoms with Crippen molar-refractivity contribution in [2.45, 2.75) is 39.8 Å². The largest absolute Gasteiger partial charge is 0.357 e. The molecule has 3 aromatic rings. The van der Waals surface area contributed by atoms with Crippen molar-refractivity contribution < 1.29 is 0 Å². The van der Waals surface area contributed by atoms with Gasteiger partial charge >= 0.3 is 0 Å². The minimum Gasteiger partial charge on any atom is -0.357 e. The smallest absolute Gasteiger partial charge is 0.191 e. The lowest BCUT2D eigenvalue weighted by atomic mass is 9.99. The molecule has 0 spiro atoms. The Labute approximate surface area is 173 Å². The molecule has 1 unspecified atom stereocenters. The summed E-state index contributed by atoms with van der Waals surface area (Å²) in [5.41, 5.74) is 5.10. The zero-order valence-electron chi connectivity index (χ0n) is 17.6. The molecule has 0 radical (unpaired) electrons. The highest BCUT2D eigenvalue weighted by atomic mass is 15.2. The van der Waals surface area contributed by atoms with Crippen molar-refractivity contribution in [2.75, 3.05) is 13.1 Å². The molecule has 2 N–H and O–H groups in total. The quantitative estimate of drug-likeness (QED) is 0.450. The monoisotopic (exact) mass is 389 g/mol. The second kappa shape index (κ2) is 10.5. The Morgan fingerprint density at radius 3 is 2.59 bits per heavy atom. The fraction of sp³-hybridized carbons (Fsp3) is 0.333. The Morgan fingerprint density at radius 2 is 1.90 bits per heavy atom. The van der Waals surface area contributed by atoms with Gasteiger partial charge in [0.2, 0.25) is 0 Å². The lowest BCUT2D eigenvalue weighted by molar-refractivity contribution is 0.699. The third-order valence-electron chi connectivity index (χ3n) is 4.90. The molecule has 2 aromatic carbocycles. The summed E-state index contributed by atoms with van der Waals surface area (Å²) in [4.78, 5) is 8.84. The molecule has 1 atom stereocenters. The molecule has 0 fully saturated rings. The number of aromatic nitrogens is 2. The van der Waals surface area contributed by atoms with Gasteiger partial charge in [-0.15, -0.1) is 0 Å². The average molecular weight is 390 g/mol. The third-order valence-corrected chi connectivity index (χ3v) is 4.90. The van der Waals surface area contributed by atoms with Gasteiger partial charge in [-0.2, -0.15) is 0 Å². The summed E-state index contributed by atoms with van der Waals surface area (Å²) in [7, 11) is 0. The van der Waals surface area contributed by atoms with Gasteiger partial charge in [0.05, 0.1) is 12.9 Å². The first-order valence-electron chi connectivity index (χ1n) is 10.3. The molecular weight excluding hydrogens is 358 g/mol. The molecule has 1 aromatic heterocycles. The first kappa shape index (κ1) is 20.6. The van der Waals surface area contributed by atoms with Gasteiger partial charge in [0.1, 0.15) is 0 Å². The molecule has 3 rings (SSSR count). The Bertz CT molecular complexity index is 897. The predicted octanol–water partition coefficient (Wildman–Crippen LogP) is 4.10. The van der Waals surface area contributed by atoms with E-state index in [2.05, 4.69) is 89.5 Å². The van der Waals surface area contributed by atoms with E-state index in [-0.39, 0.29) is 0 Å². The van der Waals surface area contributed by atoms with Gasteiger partial charge in [0.25, 0.3) is 0 Å². The summed E-state index contributed by atoms with van der Waals surface area (Å²) in [6, 6.07) is 17.3. The van der Waals surface area contributed by atoms with E-state index in [9.17, 15) is 0 Å². The summed E-state index contributed by atoms with van der Waals surface area (Å²) in [6.07, 6.45) is 5.62. The molecule has 1 heterocycles. The molecule has 5 nitrogen and oxygen atoms in total. The predicted molar refractivity (Wildman–Crippen MR) is 120 cm³/mol. The molecule has 0 saturated heterocycles. The van der Waals surface area contributed by atoms with Crippen molar-refractivity contribution in [3.05, 3.63) is 89.5 Å². The molecule has 0 aliphatic heterocycles. The number of hydrogen-bond acceptors (Lipinski definition) is 2. The molecule has 0 aliphatic rings. The zero-order chi connectivity index (χ0) is 20.5. The molecule has 0 aliphatic carbocycles. The maximum Gasteiger partial charge on any atom is 0.191 e. The molecule has 0 bridgehead atoms.